The number of rotatable bonds is 12. The zero-order chi connectivity index (χ0) is 14.5. The van der Waals surface area contributed by atoms with Crippen molar-refractivity contribution in [2.24, 2.45) is 0 Å². The van der Waals surface area contributed by atoms with Gasteiger partial charge in [0.25, 0.3) is 0 Å². The number of nitrogens with one attached hydrogen (secondary N) is 1. The summed E-state index contributed by atoms with van der Waals surface area (Å²) in [5.41, 5.74) is 1.36. The third kappa shape index (κ3) is 8.31. The lowest BCUT2D eigenvalue weighted by Gasteiger charge is -2.18. The van der Waals surface area contributed by atoms with Crippen molar-refractivity contribution in [2.75, 3.05) is 6.54 Å². The van der Waals surface area contributed by atoms with Crippen LogP contribution in [0.4, 0.5) is 0 Å². The summed E-state index contributed by atoms with van der Waals surface area (Å²) in [6.45, 7) is 5.67. The minimum Gasteiger partial charge on any atom is -0.314 e. The second-order valence-electron chi connectivity index (χ2n) is 5.75. The lowest BCUT2D eigenvalue weighted by Crippen LogP contribution is -2.30. The number of nitrogens with zero attached hydrogens (tertiary/aromatic N) is 1. The fraction of sp³-hybridized carbons (Fsp3) is 0.722. The summed E-state index contributed by atoms with van der Waals surface area (Å²) >= 11 is 0. The molecular weight excluding hydrogens is 244 g/mol. The maximum atomic E-state index is 4.20. The van der Waals surface area contributed by atoms with Gasteiger partial charge in [-0.2, -0.15) is 0 Å². The molecule has 0 aliphatic carbocycles. The number of aryl methyl sites for hydroxylation is 1. The molecule has 1 N–H and O–H groups in total. The molecule has 1 unspecified atom stereocenters. The lowest BCUT2D eigenvalue weighted by atomic mass is 10.0. The van der Waals surface area contributed by atoms with E-state index in [4.69, 9.17) is 0 Å². The first-order valence-corrected chi connectivity index (χ1v) is 8.49. The fourth-order valence-corrected chi connectivity index (χ4v) is 2.58. The molecule has 0 aliphatic heterocycles. The van der Waals surface area contributed by atoms with Crippen LogP contribution >= 0.6 is 0 Å². The van der Waals surface area contributed by atoms with E-state index in [9.17, 15) is 0 Å². The molecule has 1 atom stereocenters. The SMILES string of the molecule is CCCCCCCC(CCc1cccnc1)NCCC. The van der Waals surface area contributed by atoms with E-state index in [2.05, 4.69) is 30.2 Å². The summed E-state index contributed by atoms with van der Waals surface area (Å²) in [6, 6.07) is 4.90. The summed E-state index contributed by atoms with van der Waals surface area (Å²) in [7, 11) is 0. The monoisotopic (exact) mass is 276 g/mol. The van der Waals surface area contributed by atoms with Crippen molar-refractivity contribution in [1.29, 1.82) is 0 Å². The van der Waals surface area contributed by atoms with Crippen LogP contribution in [0.5, 0.6) is 0 Å². The third-order valence-corrected chi connectivity index (χ3v) is 3.84. The van der Waals surface area contributed by atoms with E-state index in [-0.39, 0.29) is 0 Å². The quantitative estimate of drug-likeness (QED) is 0.558. The Hall–Kier alpha value is -0.890. The highest BCUT2D eigenvalue weighted by Crippen LogP contribution is 2.12. The Bertz CT molecular complexity index is 310. The Morgan fingerprint density at radius 1 is 1.05 bits per heavy atom. The first-order valence-electron chi connectivity index (χ1n) is 8.49. The highest BCUT2D eigenvalue weighted by atomic mass is 14.9. The number of unbranched alkanes of at least 4 members (excludes halogenated alkanes) is 4. The average Bonchev–Trinajstić information content (AvgIpc) is 2.50. The smallest absolute Gasteiger partial charge is 0.0299 e. The molecule has 0 saturated heterocycles. The molecule has 1 aromatic rings. The van der Waals surface area contributed by atoms with Crippen molar-refractivity contribution in [3.05, 3.63) is 30.1 Å². The van der Waals surface area contributed by atoms with Gasteiger partial charge in [0.1, 0.15) is 0 Å². The standard InChI is InChI=1S/C18H32N2/c1-3-5-6-7-8-11-18(20-14-4-2)13-12-17-10-9-15-19-16-17/h9-10,15-16,18,20H,3-8,11-14H2,1-2H3. The second-order valence-corrected chi connectivity index (χ2v) is 5.75. The summed E-state index contributed by atoms with van der Waals surface area (Å²) < 4.78 is 0. The Kier molecular flexibility index (Phi) is 10.2. The van der Waals surface area contributed by atoms with E-state index in [1.165, 1.54) is 56.9 Å². The fourth-order valence-electron chi connectivity index (χ4n) is 2.58. The molecule has 0 fully saturated rings. The predicted octanol–water partition coefficient (Wildman–Crippen LogP) is 4.74. The molecule has 1 aromatic heterocycles. The van der Waals surface area contributed by atoms with Crippen LogP contribution < -0.4 is 5.32 Å². The summed E-state index contributed by atoms with van der Waals surface area (Å²) in [6.07, 6.45) is 15.7. The van der Waals surface area contributed by atoms with Crippen LogP contribution in [0.1, 0.15) is 70.8 Å². The molecule has 0 amide bonds. The van der Waals surface area contributed by atoms with Gasteiger partial charge in [-0.15, -0.1) is 0 Å². The largest absolute Gasteiger partial charge is 0.314 e. The molecule has 20 heavy (non-hydrogen) atoms. The van der Waals surface area contributed by atoms with Gasteiger partial charge >= 0.3 is 0 Å². The van der Waals surface area contributed by atoms with Gasteiger partial charge in [-0.1, -0.05) is 52.0 Å². The van der Waals surface area contributed by atoms with E-state index in [0.29, 0.717) is 6.04 Å². The van der Waals surface area contributed by atoms with Crippen molar-refractivity contribution in [3.63, 3.8) is 0 Å². The van der Waals surface area contributed by atoms with Gasteiger partial charge in [0, 0.05) is 18.4 Å². The minimum atomic E-state index is 0.678. The molecule has 0 spiro atoms. The van der Waals surface area contributed by atoms with Gasteiger partial charge in [-0.25, -0.2) is 0 Å². The van der Waals surface area contributed by atoms with Gasteiger partial charge in [0.2, 0.25) is 0 Å². The van der Waals surface area contributed by atoms with E-state index < -0.39 is 0 Å². The summed E-state index contributed by atoms with van der Waals surface area (Å²) in [5.74, 6) is 0. The molecular formula is C18H32N2. The molecule has 0 bridgehead atoms. The maximum Gasteiger partial charge on any atom is 0.0299 e. The van der Waals surface area contributed by atoms with Gasteiger partial charge in [0.15, 0.2) is 0 Å². The van der Waals surface area contributed by atoms with Crippen LogP contribution in [0.25, 0.3) is 0 Å². The number of hydrogen-bond acceptors (Lipinski definition) is 2. The molecule has 0 aromatic carbocycles. The molecule has 114 valence electrons. The van der Waals surface area contributed by atoms with Crippen molar-refractivity contribution < 1.29 is 0 Å². The van der Waals surface area contributed by atoms with Gasteiger partial charge < -0.3 is 5.32 Å². The van der Waals surface area contributed by atoms with E-state index in [1.54, 1.807) is 0 Å². The molecule has 0 aliphatic rings. The van der Waals surface area contributed by atoms with Crippen LogP contribution in [0.3, 0.4) is 0 Å². The summed E-state index contributed by atoms with van der Waals surface area (Å²) in [5, 5.41) is 3.71. The molecule has 2 heteroatoms. The van der Waals surface area contributed by atoms with Crippen molar-refractivity contribution in [1.82, 2.24) is 10.3 Å². The molecule has 1 heterocycles. The lowest BCUT2D eigenvalue weighted by molar-refractivity contribution is 0.431. The number of pyridine rings is 1. The predicted molar refractivity (Wildman–Crippen MR) is 88.0 cm³/mol. The van der Waals surface area contributed by atoms with Crippen molar-refractivity contribution in [2.45, 2.75) is 77.7 Å². The normalized spacial score (nSPS) is 12.5. The summed E-state index contributed by atoms with van der Waals surface area (Å²) in [4.78, 5) is 4.20. The van der Waals surface area contributed by atoms with E-state index in [0.717, 1.165) is 13.0 Å². The van der Waals surface area contributed by atoms with Gasteiger partial charge in [0.05, 0.1) is 0 Å². The first-order chi connectivity index (χ1) is 9.86. The Morgan fingerprint density at radius 3 is 2.60 bits per heavy atom. The first kappa shape index (κ1) is 17.2. The van der Waals surface area contributed by atoms with Crippen LogP contribution in [0.15, 0.2) is 24.5 Å². The number of hydrogen-bond donors (Lipinski definition) is 1. The van der Waals surface area contributed by atoms with Gasteiger partial charge in [-0.3, -0.25) is 4.98 Å². The molecule has 1 rings (SSSR count). The molecule has 2 nitrogen and oxygen atoms in total. The van der Waals surface area contributed by atoms with E-state index >= 15 is 0 Å². The second kappa shape index (κ2) is 11.9. The highest BCUT2D eigenvalue weighted by Gasteiger charge is 2.07. The van der Waals surface area contributed by atoms with E-state index in [1.807, 2.05) is 18.5 Å². The Labute approximate surface area is 125 Å². The van der Waals surface area contributed by atoms with Gasteiger partial charge in [-0.05, 0) is 43.9 Å². The zero-order valence-electron chi connectivity index (χ0n) is 13.4. The Morgan fingerprint density at radius 2 is 1.90 bits per heavy atom. The molecule has 0 radical (unpaired) electrons. The molecule has 0 saturated carbocycles. The average molecular weight is 276 g/mol. The zero-order valence-corrected chi connectivity index (χ0v) is 13.4. The van der Waals surface area contributed by atoms with Crippen molar-refractivity contribution in [3.8, 4) is 0 Å². The topological polar surface area (TPSA) is 24.9 Å². The highest BCUT2D eigenvalue weighted by molar-refractivity contribution is 5.08. The van der Waals surface area contributed by atoms with Crippen LogP contribution in [0.2, 0.25) is 0 Å². The van der Waals surface area contributed by atoms with Crippen LogP contribution in [-0.2, 0) is 6.42 Å². The third-order valence-electron chi connectivity index (χ3n) is 3.84. The number of aromatic nitrogens is 1. The maximum absolute atomic E-state index is 4.20. The minimum absolute atomic E-state index is 0.678. The van der Waals surface area contributed by atoms with Crippen molar-refractivity contribution >= 4 is 0 Å². The van der Waals surface area contributed by atoms with Crippen LogP contribution in [-0.4, -0.2) is 17.6 Å². The van der Waals surface area contributed by atoms with Crippen LogP contribution in [0, 0.1) is 0 Å². The Balaban J connectivity index is 2.24.